The molecule has 0 amide bonds. The molecule has 57 heavy (non-hydrogen) atoms. The summed E-state index contributed by atoms with van der Waals surface area (Å²) in [4.78, 5) is 23.5. The van der Waals surface area contributed by atoms with Crippen LogP contribution in [0.4, 0.5) is 17.2 Å². The summed E-state index contributed by atoms with van der Waals surface area (Å²) in [5.74, 6) is -0.425. The van der Waals surface area contributed by atoms with Crippen LogP contribution in [0, 0.1) is 11.3 Å². The Morgan fingerprint density at radius 2 is 1.91 bits per heavy atom. The Hall–Kier alpha value is -4.89. The molecule has 2 aromatic carbocycles. The highest BCUT2D eigenvalue weighted by atomic mass is 35.5. The van der Waals surface area contributed by atoms with Gasteiger partial charge in [0.05, 0.1) is 23.9 Å². The van der Waals surface area contributed by atoms with Gasteiger partial charge in [-0.25, -0.2) is 14.1 Å². The molecule has 6 atom stereocenters. The topological polar surface area (TPSA) is 232 Å². The van der Waals surface area contributed by atoms with Crippen LogP contribution < -0.4 is 20.7 Å². The van der Waals surface area contributed by atoms with Crippen LogP contribution in [-0.2, 0) is 35.5 Å². The number of aliphatic hydroxyl groups excluding tert-OH is 2. The Morgan fingerprint density at radius 3 is 2.63 bits per heavy atom. The van der Waals surface area contributed by atoms with Gasteiger partial charge < -0.3 is 35.3 Å². The SMILES string of the molecule is CCN(CC)Cc1cc(Nc2ccnc3cc(Cl)ccc23)ccc1OP(=O)(N[C@@H](C)C(=O)OC(C)C)OC[C@H]1O[C@@](C#N)(c2ccc3c(N)ncnn23)[C@H](O)[C@@H]1O. The summed E-state index contributed by atoms with van der Waals surface area (Å²) in [7, 11) is -4.56. The molecule has 4 heterocycles. The van der Waals surface area contributed by atoms with Crippen molar-refractivity contribution in [3.05, 3.63) is 83.4 Å². The standard InChI is InChI=1S/C38H45ClN9O8P/c1-6-47(7-2)18-24-16-26(45-28-14-15-42-29-17-25(39)8-10-27(28)29)9-12-31(24)56-57(52,46-23(5)37(51)54-22(3)4)53-19-32-34(49)35(50)38(20-40,55-32)33-13-11-30-36(41)43-21-44-48(30)33/h8-17,21-23,32,34-35,49-50H,6-7,18-19H2,1-5H3,(H,42,45)(H,46,52)(H2,41,43,44)/t23-,32+,34+,35+,38-,57?/m0/s1. The van der Waals surface area contributed by atoms with Gasteiger partial charge in [0, 0.05) is 40.1 Å². The second-order valence-electron chi connectivity index (χ2n) is 13.7. The minimum absolute atomic E-state index is 0.0732. The molecule has 1 aliphatic rings. The molecule has 5 aromatic rings. The van der Waals surface area contributed by atoms with Gasteiger partial charge in [0.1, 0.15) is 48.0 Å². The Kier molecular flexibility index (Phi) is 12.7. The first-order valence-electron chi connectivity index (χ1n) is 18.3. The third-order valence-electron chi connectivity index (χ3n) is 9.50. The van der Waals surface area contributed by atoms with Crippen LogP contribution >= 0.6 is 19.3 Å². The van der Waals surface area contributed by atoms with E-state index in [2.05, 4.69) is 30.4 Å². The van der Waals surface area contributed by atoms with Crippen molar-refractivity contribution in [3.63, 3.8) is 0 Å². The highest BCUT2D eigenvalue weighted by molar-refractivity contribution is 7.52. The molecule has 302 valence electrons. The molecule has 6 N–H and O–H groups in total. The molecule has 0 bridgehead atoms. The fourth-order valence-electron chi connectivity index (χ4n) is 6.51. The number of nitrogens with one attached hydrogen (secondary N) is 2. The number of esters is 1. The molecule has 1 saturated heterocycles. The monoisotopic (exact) mass is 821 g/mol. The first-order valence-corrected chi connectivity index (χ1v) is 20.3. The first-order chi connectivity index (χ1) is 27.2. The predicted molar refractivity (Wildman–Crippen MR) is 213 cm³/mol. The number of nitriles is 1. The van der Waals surface area contributed by atoms with Crippen molar-refractivity contribution in [1.82, 2.24) is 29.6 Å². The molecule has 0 spiro atoms. The molecule has 0 saturated carbocycles. The number of aromatic nitrogens is 4. The third-order valence-corrected chi connectivity index (χ3v) is 11.4. The molecule has 19 heteroatoms. The zero-order valence-electron chi connectivity index (χ0n) is 32.0. The summed E-state index contributed by atoms with van der Waals surface area (Å²) in [6.07, 6.45) is -2.52. The number of anilines is 3. The van der Waals surface area contributed by atoms with Gasteiger partial charge in [-0.1, -0.05) is 25.4 Å². The Morgan fingerprint density at radius 1 is 1.14 bits per heavy atom. The van der Waals surface area contributed by atoms with E-state index in [9.17, 15) is 24.8 Å². The molecule has 0 radical (unpaired) electrons. The molecule has 3 aromatic heterocycles. The van der Waals surface area contributed by atoms with E-state index in [-0.39, 0.29) is 17.3 Å². The molecule has 17 nitrogen and oxygen atoms in total. The predicted octanol–water partition coefficient (Wildman–Crippen LogP) is 5.07. The van der Waals surface area contributed by atoms with Gasteiger partial charge in [-0.15, -0.1) is 0 Å². The summed E-state index contributed by atoms with van der Waals surface area (Å²) in [6, 6.07) is 16.3. The van der Waals surface area contributed by atoms with Gasteiger partial charge >= 0.3 is 13.7 Å². The number of halogens is 1. The number of nitrogen functional groups attached to an aromatic ring is 1. The van der Waals surface area contributed by atoms with Crippen LogP contribution in [0.3, 0.4) is 0 Å². The lowest BCUT2D eigenvalue weighted by atomic mass is 9.92. The van der Waals surface area contributed by atoms with E-state index in [0.717, 1.165) is 11.1 Å². The summed E-state index contributed by atoms with van der Waals surface area (Å²) in [6.45, 7) is 9.95. The number of aliphatic hydroxyl groups is 2. The summed E-state index contributed by atoms with van der Waals surface area (Å²) in [5, 5.41) is 44.5. The van der Waals surface area contributed by atoms with E-state index >= 15 is 0 Å². The highest BCUT2D eigenvalue weighted by Crippen LogP contribution is 2.48. The van der Waals surface area contributed by atoms with Gasteiger partial charge in [-0.05, 0) is 88.5 Å². The van der Waals surface area contributed by atoms with Crippen molar-refractivity contribution in [1.29, 1.82) is 5.26 Å². The van der Waals surface area contributed by atoms with Crippen molar-refractivity contribution < 1.29 is 38.1 Å². The zero-order chi connectivity index (χ0) is 41.1. The molecule has 1 fully saturated rings. The fourth-order valence-corrected chi connectivity index (χ4v) is 8.22. The second-order valence-corrected chi connectivity index (χ2v) is 15.9. The van der Waals surface area contributed by atoms with Gasteiger partial charge in [0.2, 0.25) is 5.60 Å². The van der Waals surface area contributed by atoms with Crippen LogP contribution in [0.1, 0.15) is 45.9 Å². The smallest absolute Gasteiger partial charge is 0.459 e. The quantitative estimate of drug-likeness (QED) is 0.0646. The number of hydrogen-bond acceptors (Lipinski definition) is 15. The number of nitrogens with zero attached hydrogens (tertiary/aromatic N) is 6. The number of benzene rings is 2. The number of carbonyl (C=O) groups is 1. The lowest BCUT2D eigenvalue weighted by Crippen LogP contribution is -2.41. The number of pyridine rings is 1. The molecular weight excluding hydrogens is 777 g/mol. The second kappa shape index (κ2) is 17.3. The maximum Gasteiger partial charge on any atom is 0.459 e. The molecule has 6 rings (SSSR count). The number of nitrogens with two attached hydrogens (primary N) is 1. The van der Waals surface area contributed by atoms with Crippen molar-refractivity contribution in [3.8, 4) is 11.8 Å². The van der Waals surface area contributed by atoms with Gasteiger partial charge in [0.15, 0.2) is 5.82 Å². The lowest BCUT2D eigenvalue weighted by molar-refractivity contribution is -0.149. The number of hydrogen-bond donors (Lipinski definition) is 5. The zero-order valence-corrected chi connectivity index (χ0v) is 33.6. The molecule has 1 unspecified atom stereocenters. The summed E-state index contributed by atoms with van der Waals surface area (Å²) < 4.78 is 39.6. The Labute approximate surface area is 334 Å². The van der Waals surface area contributed by atoms with Crippen LogP contribution in [-0.4, -0.2) is 90.8 Å². The van der Waals surface area contributed by atoms with E-state index in [0.29, 0.717) is 46.9 Å². The van der Waals surface area contributed by atoms with Crippen LogP contribution in [0.5, 0.6) is 5.75 Å². The third kappa shape index (κ3) is 8.84. The average molecular weight is 822 g/mol. The van der Waals surface area contributed by atoms with Crippen LogP contribution in [0.2, 0.25) is 5.02 Å². The van der Waals surface area contributed by atoms with Crippen molar-refractivity contribution in [2.45, 2.75) is 77.2 Å². The van der Waals surface area contributed by atoms with E-state index in [4.69, 9.17) is 35.9 Å². The highest BCUT2D eigenvalue weighted by Gasteiger charge is 2.58. The van der Waals surface area contributed by atoms with Gasteiger partial charge in [-0.3, -0.25) is 19.2 Å². The maximum atomic E-state index is 14.8. The number of carbonyl (C=O) groups excluding carboxylic acids is 1. The van der Waals surface area contributed by atoms with Crippen LogP contribution in [0.15, 0.2) is 67.1 Å². The largest absolute Gasteiger partial charge is 0.462 e. The summed E-state index contributed by atoms with van der Waals surface area (Å²) >= 11 is 6.21. The van der Waals surface area contributed by atoms with E-state index in [1.807, 2.05) is 38.1 Å². The van der Waals surface area contributed by atoms with E-state index in [1.54, 1.807) is 50.4 Å². The van der Waals surface area contributed by atoms with E-state index in [1.165, 1.54) is 23.8 Å². The van der Waals surface area contributed by atoms with Crippen molar-refractivity contribution >= 4 is 58.9 Å². The average Bonchev–Trinajstić information content (AvgIpc) is 3.73. The normalized spacial score (nSPS) is 21.1. The summed E-state index contributed by atoms with van der Waals surface area (Å²) in [5.41, 5.74) is 7.08. The van der Waals surface area contributed by atoms with Crippen LogP contribution in [0.25, 0.3) is 16.4 Å². The molecule has 1 aliphatic heterocycles. The Balaban J connectivity index is 1.31. The van der Waals surface area contributed by atoms with Gasteiger partial charge in [-0.2, -0.15) is 15.4 Å². The first kappa shape index (κ1) is 41.7. The fraction of sp³-hybridized carbons (Fsp3) is 0.395. The minimum Gasteiger partial charge on any atom is -0.462 e. The molecular formula is C38H45ClN9O8P. The molecule has 0 aliphatic carbocycles. The number of fused-ring (bicyclic) bond motifs is 2. The van der Waals surface area contributed by atoms with Gasteiger partial charge in [0.25, 0.3) is 0 Å². The lowest BCUT2D eigenvalue weighted by Gasteiger charge is -2.27. The number of rotatable bonds is 16. The van der Waals surface area contributed by atoms with Crippen molar-refractivity contribution in [2.24, 2.45) is 0 Å². The van der Waals surface area contributed by atoms with E-state index < -0.39 is 56.4 Å². The van der Waals surface area contributed by atoms with Crippen molar-refractivity contribution in [2.75, 3.05) is 30.7 Å². The Bertz CT molecular complexity index is 2340. The number of ether oxygens (including phenoxy) is 2. The maximum absolute atomic E-state index is 14.8. The minimum atomic E-state index is -4.56.